The van der Waals surface area contributed by atoms with Gasteiger partial charge in [0.25, 0.3) is 5.69 Å². The maximum atomic E-state index is 13.3. The minimum atomic E-state index is -1.16. The van der Waals surface area contributed by atoms with E-state index in [0.29, 0.717) is 4.47 Å². The van der Waals surface area contributed by atoms with Crippen molar-refractivity contribution in [3.05, 3.63) is 62.4 Å². The lowest BCUT2D eigenvalue weighted by atomic mass is 10.2. The summed E-state index contributed by atoms with van der Waals surface area (Å²) in [5, 5.41) is 20.1. The number of nitro groups is 1. The van der Waals surface area contributed by atoms with Crippen LogP contribution in [0, 0.1) is 15.9 Å². The largest absolute Gasteiger partial charge is 0.478 e. The molecular formula is C13H7BrFNO4S. The highest BCUT2D eigenvalue weighted by molar-refractivity contribution is 9.10. The van der Waals surface area contributed by atoms with Gasteiger partial charge in [0.15, 0.2) is 0 Å². The molecule has 1 N–H and O–H groups in total. The maximum Gasteiger partial charge on any atom is 0.336 e. The molecule has 0 fully saturated rings. The summed E-state index contributed by atoms with van der Waals surface area (Å²) in [5.74, 6) is -1.79. The maximum absolute atomic E-state index is 13.3. The molecule has 0 saturated carbocycles. The molecule has 0 unspecified atom stereocenters. The summed E-state index contributed by atoms with van der Waals surface area (Å²) in [5.41, 5.74) is -0.292. The summed E-state index contributed by atoms with van der Waals surface area (Å²) in [7, 11) is 0. The van der Waals surface area contributed by atoms with E-state index in [2.05, 4.69) is 15.9 Å². The Balaban J connectivity index is 2.52. The van der Waals surface area contributed by atoms with Crippen LogP contribution in [0.4, 0.5) is 10.1 Å². The SMILES string of the molecule is O=C(O)c1ccc(Br)cc1Sc1cc(F)ccc1[N+](=O)[O-]. The molecule has 0 spiro atoms. The predicted molar refractivity (Wildman–Crippen MR) is 78.3 cm³/mol. The normalized spacial score (nSPS) is 10.4. The van der Waals surface area contributed by atoms with Crippen molar-refractivity contribution in [2.75, 3.05) is 0 Å². The van der Waals surface area contributed by atoms with Crippen molar-refractivity contribution in [1.82, 2.24) is 0 Å². The molecule has 0 saturated heterocycles. The zero-order valence-electron chi connectivity index (χ0n) is 10.2. The van der Waals surface area contributed by atoms with Crippen molar-refractivity contribution in [2.24, 2.45) is 0 Å². The Morgan fingerprint density at radius 3 is 2.57 bits per heavy atom. The smallest absolute Gasteiger partial charge is 0.336 e. The van der Waals surface area contributed by atoms with Crippen LogP contribution in [0.2, 0.25) is 0 Å². The number of carboxylic acid groups (broad SMARTS) is 1. The monoisotopic (exact) mass is 371 g/mol. The van der Waals surface area contributed by atoms with Crippen LogP contribution in [0.5, 0.6) is 0 Å². The molecule has 0 aliphatic heterocycles. The first kappa shape index (κ1) is 15.5. The second-order valence-corrected chi connectivity index (χ2v) is 5.92. The average molecular weight is 372 g/mol. The zero-order valence-corrected chi connectivity index (χ0v) is 12.6. The summed E-state index contributed by atoms with van der Waals surface area (Å²) in [6.45, 7) is 0. The molecule has 21 heavy (non-hydrogen) atoms. The van der Waals surface area contributed by atoms with Crippen LogP contribution in [-0.2, 0) is 0 Å². The summed E-state index contributed by atoms with van der Waals surface area (Å²) >= 11 is 4.04. The number of aromatic carboxylic acids is 1. The van der Waals surface area contributed by atoms with E-state index in [0.717, 1.165) is 30.0 Å². The van der Waals surface area contributed by atoms with Gasteiger partial charge in [-0.25, -0.2) is 9.18 Å². The standard InChI is InChI=1S/C13H7BrFNO4S/c14-7-1-3-9(13(17)18)11(5-7)21-12-6-8(15)2-4-10(12)16(19)20/h1-6H,(H,17,18). The van der Waals surface area contributed by atoms with Gasteiger partial charge in [-0.15, -0.1) is 0 Å². The lowest BCUT2D eigenvalue weighted by Crippen LogP contribution is -1.99. The minimum absolute atomic E-state index is 0.0123. The van der Waals surface area contributed by atoms with Gasteiger partial charge < -0.3 is 5.11 Å². The third-order valence-electron chi connectivity index (χ3n) is 2.51. The number of halogens is 2. The molecule has 0 aliphatic rings. The van der Waals surface area contributed by atoms with Gasteiger partial charge in [0, 0.05) is 15.4 Å². The fourth-order valence-corrected chi connectivity index (χ4v) is 3.22. The van der Waals surface area contributed by atoms with Gasteiger partial charge in [-0.3, -0.25) is 10.1 Å². The van der Waals surface area contributed by atoms with Crippen LogP contribution in [-0.4, -0.2) is 16.0 Å². The Kier molecular flexibility index (Phi) is 4.59. The first-order valence-corrected chi connectivity index (χ1v) is 7.14. The van der Waals surface area contributed by atoms with Crippen LogP contribution in [0.1, 0.15) is 10.4 Å². The Hall–Kier alpha value is -1.93. The first-order valence-electron chi connectivity index (χ1n) is 5.53. The van der Waals surface area contributed by atoms with Crippen molar-refractivity contribution in [3.8, 4) is 0 Å². The zero-order chi connectivity index (χ0) is 15.6. The van der Waals surface area contributed by atoms with Crippen LogP contribution in [0.3, 0.4) is 0 Å². The van der Waals surface area contributed by atoms with Crippen LogP contribution >= 0.6 is 27.7 Å². The van der Waals surface area contributed by atoms with Crippen LogP contribution in [0.25, 0.3) is 0 Å². The number of hydrogen-bond donors (Lipinski definition) is 1. The van der Waals surface area contributed by atoms with Gasteiger partial charge in [0.1, 0.15) is 5.82 Å². The molecule has 8 heteroatoms. The molecule has 0 amide bonds. The Bertz CT molecular complexity index is 677. The van der Waals surface area contributed by atoms with E-state index < -0.39 is 16.7 Å². The highest BCUT2D eigenvalue weighted by Crippen LogP contribution is 2.38. The molecule has 0 radical (unpaired) electrons. The molecule has 2 rings (SSSR count). The lowest BCUT2D eigenvalue weighted by molar-refractivity contribution is -0.387. The molecule has 0 aliphatic carbocycles. The number of nitro benzene ring substituents is 1. The summed E-state index contributed by atoms with van der Waals surface area (Å²) in [6.07, 6.45) is 0. The number of hydrogen-bond acceptors (Lipinski definition) is 4. The lowest BCUT2D eigenvalue weighted by Gasteiger charge is -2.07. The fourth-order valence-electron chi connectivity index (χ4n) is 1.60. The van der Waals surface area contributed by atoms with Crippen LogP contribution < -0.4 is 0 Å². The molecule has 2 aromatic carbocycles. The quantitative estimate of drug-likeness (QED) is 0.638. The van der Waals surface area contributed by atoms with Crippen molar-refractivity contribution in [3.63, 3.8) is 0 Å². The molecular weight excluding hydrogens is 365 g/mol. The Morgan fingerprint density at radius 1 is 1.24 bits per heavy atom. The third kappa shape index (κ3) is 3.59. The number of carboxylic acids is 1. The number of carbonyl (C=O) groups is 1. The van der Waals surface area contributed by atoms with E-state index >= 15 is 0 Å². The van der Waals surface area contributed by atoms with E-state index in [-0.39, 0.29) is 21.0 Å². The van der Waals surface area contributed by atoms with Crippen LogP contribution in [0.15, 0.2) is 50.7 Å². The molecule has 0 heterocycles. The highest BCUT2D eigenvalue weighted by Gasteiger charge is 2.19. The number of nitrogens with zero attached hydrogens (tertiary/aromatic N) is 1. The van der Waals surface area contributed by atoms with E-state index in [1.165, 1.54) is 12.1 Å². The number of benzene rings is 2. The third-order valence-corrected chi connectivity index (χ3v) is 4.11. The molecule has 0 bridgehead atoms. The molecule has 108 valence electrons. The molecule has 0 atom stereocenters. The van der Waals surface area contributed by atoms with Gasteiger partial charge in [0.2, 0.25) is 0 Å². The van der Waals surface area contributed by atoms with Crippen molar-refractivity contribution in [1.29, 1.82) is 0 Å². The fraction of sp³-hybridized carbons (Fsp3) is 0. The minimum Gasteiger partial charge on any atom is -0.478 e. The van der Waals surface area contributed by atoms with E-state index in [4.69, 9.17) is 5.11 Å². The van der Waals surface area contributed by atoms with Gasteiger partial charge in [-0.2, -0.15) is 0 Å². The first-order chi connectivity index (χ1) is 9.88. The molecule has 0 aromatic heterocycles. The van der Waals surface area contributed by atoms with E-state index in [1.54, 1.807) is 6.07 Å². The average Bonchev–Trinajstić information content (AvgIpc) is 2.38. The predicted octanol–water partition coefficient (Wildman–Crippen LogP) is 4.35. The topological polar surface area (TPSA) is 80.4 Å². The van der Waals surface area contributed by atoms with Gasteiger partial charge in [-0.1, -0.05) is 27.7 Å². The number of rotatable bonds is 4. The second kappa shape index (κ2) is 6.23. The summed E-state index contributed by atoms with van der Waals surface area (Å²) < 4.78 is 13.9. The summed E-state index contributed by atoms with van der Waals surface area (Å²) in [6, 6.07) is 7.49. The molecule has 5 nitrogen and oxygen atoms in total. The van der Waals surface area contributed by atoms with Crippen molar-refractivity contribution < 1.29 is 19.2 Å². The Morgan fingerprint density at radius 2 is 1.95 bits per heavy atom. The molecule has 2 aromatic rings. The highest BCUT2D eigenvalue weighted by atomic mass is 79.9. The van der Waals surface area contributed by atoms with E-state index in [1.807, 2.05) is 0 Å². The second-order valence-electron chi connectivity index (χ2n) is 3.92. The van der Waals surface area contributed by atoms with Crippen molar-refractivity contribution in [2.45, 2.75) is 9.79 Å². The van der Waals surface area contributed by atoms with Crippen molar-refractivity contribution >= 4 is 39.3 Å². The van der Waals surface area contributed by atoms with Gasteiger partial charge >= 0.3 is 5.97 Å². The summed E-state index contributed by atoms with van der Waals surface area (Å²) in [4.78, 5) is 21.8. The van der Waals surface area contributed by atoms with Gasteiger partial charge in [0.05, 0.1) is 15.4 Å². The van der Waals surface area contributed by atoms with E-state index in [9.17, 15) is 19.3 Å². The Labute approximate surface area is 131 Å². The van der Waals surface area contributed by atoms with Gasteiger partial charge in [-0.05, 0) is 30.3 Å².